The SMILES string of the molecule is Cc1ccccc1CNC(=O)c1ccnc(C(=O)NCCc2ccccc2)c1. The van der Waals surface area contributed by atoms with Crippen molar-refractivity contribution >= 4 is 11.8 Å². The number of carbonyl (C=O) groups is 2. The molecule has 0 saturated heterocycles. The van der Waals surface area contributed by atoms with Gasteiger partial charge in [-0.1, -0.05) is 54.6 Å². The van der Waals surface area contributed by atoms with Crippen LogP contribution in [0.5, 0.6) is 0 Å². The molecule has 5 nitrogen and oxygen atoms in total. The lowest BCUT2D eigenvalue weighted by molar-refractivity contribution is 0.0949. The van der Waals surface area contributed by atoms with Crippen molar-refractivity contribution in [2.75, 3.05) is 6.54 Å². The fourth-order valence-corrected chi connectivity index (χ4v) is 2.84. The summed E-state index contributed by atoms with van der Waals surface area (Å²) < 4.78 is 0. The lowest BCUT2D eigenvalue weighted by Gasteiger charge is -2.09. The zero-order valence-corrected chi connectivity index (χ0v) is 15.8. The third-order valence-electron chi connectivity index (χ3n) is 4.50. The predicted octanol–water partition coefficient (Wildman–Crippen LogP) is 3.29. The summed E-state index contributed by atoms with van der Waals surface area (Å²) >= 11 is 0. The van der Waals surface area contributed by atoms with Gasteiger partial charge in [0, 0.05) is 24.8 Å². The van der Waals surface area contributed by atoms with Crippen LogP contribution in [0.25, 0.3) is 0 Å². The summed E-state index contributed by atoms with van der Waals surface area (Å²) in [5.74, 6) is -0.520. The molecule has 1 aromatic heterocycles. The van der Waals surface area contributed by atoms with Gasteiger partial charge in [-0.05, 0) is 42.2 Å². The Kier molecular flexibility index (Phi) is 6.52. The Bertz CT molecular complexity index is 955. The van der Waals surface area contributed by atoms with Crippen LogP contribution in [0.15, 0.2) is 72.9 Å². The summed E-state index contributed by atoms with van der Waals surface area (Å²) in [6, 6.07) is 21.0. The highest BCUT2D eigenvalue weighted by atomic mass is 16.2. The van der Waals surface area contributed by atoms with Crippen LogP contribution < -0.4 is 10.6 Å². The number of nitrogens with zero attached hydrogens (tertiary/aromatic N) is 1. The molecule has 0 aliphatic carbocycles. The van der Waals surface area contributed by atoms with Crippen LogP contribution in [-0.4, -0.2) is 23.3 Å². The number of pyridine rings is 1. The average molecular weight is 373 g/mol. The van der Waals surface area contributed by atoms with Crippen molar-refractivity contribution < 1.29 is 9.59 Å². The normalized spacial score (nSPS) is 10.3. The molecule has 0 fully saturated rings. The van der Waals surface area contributed by atoms with Gasteiger partial charge in [-0.3, -0.25) is 14.6 Å². The summed E-state index contributed by atoms with van der Waals surface area (Å²) in [4.78, 5) is 28.8. The van der Waals surface area contributed by atoms with E-state index in [9.17, 15) is 9.59 Å². The van der Waals surface area contributed by atoms with Crippen LogP contribution >= 0.6 is 0 Å². The molecule has 0 bridgehead atoms. The molecule has 0 atom stereocenters. The maximum Gasteiger partial charge on any atom is 0.269 e. The monoisotopic (exact) mass is 373 g/mol. The third-order valence-corrected chi connectivity index (χ3v) is 4.50. The molecule has 2 aromatic carbocycles. The van der Waals surface area contributed by atoms with Crippen LogP contribution in [0.4, 0.5) is 0 Å². The molecule has 3 rings (SSSR count). The van der Waals surface area contributed by atoms with E-state index in [2.05, 4.69) is 15.6 Å². The van der Waals surface area contributed by atoms with Gasteiger partial charge in [-0.15, -0.1) is 0 Å². The van der Waals surface area contributed by atoms with Crippen molar-refractivity contribution in [3.8, 4) is 0 Å². The van der Waals surface area contributed by atoms with E-state index in [0.717, 1.165) is 23.1 Å². The summed E-state index contributed by atoms with van der Waals surface area (Å²) in [5.41, 5.74) is 3.98. The number of hydrogen-bond acceptors (Lipinski definition) is 3. The van der Waals surface area contributed by atoms with Gasteiger partial charge in [0.05, 0.1) is 0 Å². The van der Waals surface area contributed by atoms with Gasteiger partial charge >= 0.3 is 0 Å². The number of aromatic nitrogens is 1. The predicted molar refractivity (Wildman–Crippen MR) is 109 cm³/mol. The van der Waals surface area contributed by atoms with Crippen molar-refractivity contribution in [1.82, 2.24) is 15.6 Å². The van der Waals surface area contributed by atoms with E-state index in [1.807, 2.05) is 61.5 Å². The molecule has 3 aromatic rings. The number of carbonyl (C=O) groups excluding carboxylic acids is 2. The van der Waals surface area contributed by atoms with E-state index < -0.39 is 0 Å². The second kappa shape index (κ2) is 9.46. The van der Waals surface area contributed by atoms with Crippen LogP contribution in [0.2, 0.25) is 0 Å². The minimum absolute atomic E-state index is 0.232. The average Bonchev–Trinajstić information content (AvgIpc) is 2.74. The molecular weight excluding hydrogens is 350 g/mol. The first-order chi connectivity index (χ1) is 13.6. The maximum absolute atomic E-state index is 12.4. The highest BCUT2D eigenvalue weighted by molar-refractivity contribution is 5.98. The molecule has 0 radical (unpaired) electrons. The van der Waals surface area contributed by atoms with E-state index in [1.54, 1.807) is 6.07 Å². The fraction of sp³-hybridized carbons (Fsp3) is 0.174. The number of amides is 2. The highest BCUT2D eigenvalue weighted by Gasteiger charge is 2.12. The summed E-state index contributed by atoms with van der Waals surface area (Å²) in [6.07, 6.45) is 2.22. The molecule has 0 aliphatic rings. The quantitative estimate of drug-likeness (QED) is 0.668. The van der Waals surface area contributed by atoms with Gasteiger partial charge in [0.1, 0.15) is 5.69 Å². The summed E-state index contributed by atoms with van der Waals surface area (Å²) in [5, 5.41) is 5.73. The van der Waals surface area contributed by atoms with Crippen molar-refractivity contribution in [2.45, 2.75) is 19.9 Å². The van der Waals surface area contributed by atoms with Crippen LogP contribution in [0.1, 0.15) is 37.5 Å². The fourth-order valence-electron chi connectivity index (χ4n) is 2.84. The smallest absolute Gasteiger partial charge is 0.269 e. The lowest BCUT2D eigenvalue weighted by Crippen LogP contribution is -2.28. The Labute approximate surface area is 164 Å². The lowest BCUT2D eigenvalue weighted by atomic mass is 10.1. The summed E-state index contributed by atoms with van der Waals surface area (Å²) in [7, 11) is 0. The number of nitrogens with one attached hydrogen (secondary N) is 2. The Balaban J connectivity index is 1.55. The third kappa shape index (κ3) is 5.27. The molecule has 28 heavy (non-hydrogen) atoms. The Morgan fingerprint density at radius 3 is 2.43 bits per heavy atom. The first-order valence-electron chi connectivity index (χ1n) is 9.24. The zero-order valence-electron chi connectivity index (χ0n) is 15.8. The van der Waals surface area contributed by atoms with E-state index in [1.165, 1.54) is 12.3 Å². The van der Waals surface area contributed by atoms with Crippen LogP contribution in [-0.2, 0) is 13.0 Å². The number of aryl methyl sites for hydroxylation is 1. The van der Waals surface area contributed by atoms with Gasteiger partial charge in [-0.2, -0.15) is 0 Å². The summed E-state index contributed by atoms with van der Waals surface area (Å²) in [6.45, 7) is 2.95. The topological polar surface area (TPSA) is 71.1 Å². The Morgan fingerprint density at radius 2 is 1.64 bits per heavy atom. The molecule has 5 heteroatoms. The second-order valence-corrected chi connectivity index (χ2v) is 6.53. The minimum atomic E-state index is -0.288. The van der Waals surface area contributed by atoms with Crippen LogP contribution in [0, 0.1) is 6.92 Å². The molecule has 142 valence electrons. The second-order valence-electron chi connectivity index (χ2n) is 6.53. The van der Waals surface area contributed by atoms with Crippen LogP contribution in [0.3, 0.4) is 0 Å². The highest BCUT2D eigenvalue weighted by Crippen LogP contribution is 2.08. The van der Waals surface area contributed by atoms with Gasteiger partial charge < -0.3 is 10.6 Å². The van der Waals surface area contributed by atoms with Gasteiger partial charge in [0.2, 0.25) is 0 Å². The minimum Gasteiger partial charge on any atom is -0.350 e. The molecule has 1 heterocycles. The molecule has 0 unspecified atom stereocenters. The molecule has 0 aliphatic heterocycles. The van der Waals surface area contributed by atoms with E-state index in [-0.39, 0.29) is 17.5 Å². The maximum atomic E-state index is 12.4. The Hall–Kier alpha value is -3.47. The van der Waals surface area contributed by atoms with Crippen molar-refractivity contribution in [2.24, 2.45) is 0 Å². The van der Waals surface area contributed by atoms with Crippen molar-refractivity contribution in [3.63, 3.8) is 0 Å². The molecule has 0 spiro atoms. The molecule has 2 amide bonds. The van der Waals surface area contributed by atoms with Crippen molar-refractivity contribution in [1.29, 1.82) is 0 Å². The molecular formula is C23H23N3O2. The molecule has 2 N–H and O–H groups in total. The Morgan fingerprint density at radius 1 is 0.893 bits per heavy atom. The largest absolute Gasteiger partial charge is 0.350 e. The first kappa shape index (κ1) is 19.3. The van der Waals surface area contributed by atoms with E-state index in [0.29, 0.717) is 18.7 Å². The van der Waals surface area contributed by atoms with Gasteiger partial charge in [0.25, 0.3) is 11.8 Å². The first-order valence-corrected chi connectivity index (χ1v) is 9.24. The van der Waals surface area contributed by atoms with E-state index >= 15 is 0 Å². The number of benzene rings is 2. The zero-order chi connectivity index (χ0) is 19.8. The van der Waals surface area contributed by atoms with Crippen molar-refractivity contribution in [3.05, 3.63) is 101 Å². The van der Waals surface area contributed by atoms with Gasteiger partial charge in [-0.25, -0.2) is 0 Å². The van der Waals surface area contributed by atoms with E-state index in [4.69, 9.17) is 0 Å². The molecule has 0 saturated carbocycles. The van der Waals surface area contributed by atoms with Gasteiger partial charge in [0.15, 0.2) is 0 Å². The number of hydrogen-bond donors (Lipinski definition) is 2. The standard InChI is InChI=1S/C23H23N3O2/c1-17-7-5-6-10-20(17)16-26-22(27)19-12-14-24-21(15-19)23(28)25-13-11-18-8-3-2-4-9-18/h2-10,12,14-15H,11,13,16H2,1H3,(H,25,28)(H,26,27). The number of rotatable bonds is 7.